The van der Waals surface area contributed by atoms with E-state index in [1.165, 1.54) is 0 Å². The highest BCUT2D eigenvalue weighted by Gasteiger charge is 2.06. The Morgan fingerprint density at radius 2 is 2.05 bits per heavy atom. The minimum atomic E-state index is -0.593. The van der Waals surface area contributed by atoms with Gasteiger partial charge in [-0.3, -0.25) is 9.78 Å². The normalized spacial score (nSPS) is 11.7. The number of hydrogen-bond acceptors (Lipinski definition) is 4. The molecule has 1 aromatic carbocycles. The summed E-state index contributed by atoms with van der Waals surface area (Å²) in [7, 11) is 0. The molecular formula is C16H18ClN3O2. The minimum absolute atomic E-state index is 0.142. The Balaban J connectivity index is 1.85. The summed E-state index contributed by atoms with van der Waals surface area (Å²) in [4.78, 5) is 16.0. The number of carbonyl (C=O) groups excluding carboxylic acids is 1. The first-order valence-electron chi connectivity index (χ1n) is 6.94. The fourth-order valence-electron chi connectivity index (χ4n) is 1.82. The highest BCUT2D eigenvalue weighted by atomic mass is 35.5. The van der Waals surface area contributed by atoms with Gasteiger partial charge in [0.1, 0.15) is 0 Å². The van der Waals surface area contributed by atoms with E-state index in [4.69, 9.17) is 11.6 Å². The maximum atomic E-state index is 12.0. The van der Waals surface area contributed by atoms with E-state index in [0.29, 0.717) is 18.7 Å². The molecule has 0 aliphatic carbocycles. The molecule has 0 spiro atoms. The topological polar surface area (TPSA) is 74.2 Å². The summed E-state index contributed by atoms with van der Waals surface area (Å²) in [5, 5.41) is 15.3. The largest absolute Gasteiger partial charge is 0.390 e. The number of alkyl halides is 1. The van der Waals surface area contributed by atoms with Gasteiger partial charge in [0, 0.05) is 36.7 Å². The van der Waals surface area contributed by atoms with Crippen LogP contribution in [0.4, 0.5) is 5.69 Å². The van der Waals surface area contributed by atoms with Crippen molar-refractivity contribution in [2.24, 2.45) is 0 Å². The van der Waals surface area contributed by atoms with Gasteiger partial charge in [0.2, 0.25) is 0 Å². The van der Waals surface area contributed by atoms with Gasteiger partial charge in [-0.2, -0.15) is 0 Å². The van der Waals surface area contributed by atoms with E-state index in [1.807, 2.05) is 12.1 Å². The van der Waals surface area contributed by atoms with Gasteiger partial charge in [-0.1, -0.05) is 6.07 Å². The molecule has 5 nitrogen and oxygen atoms in total. The summed E-state index contributed by atoms with van der Waals surface area (Å²) < 4.78 is 0. The Labute approximate surface area is 134 Å². The summed E-state index contributed by atoms with van der Waals surface area (Å²) in [6.07, 6.45) is 2.82. The molecule has 0 fully saturated rings. The monoisotopic (exact) mass is 319 g/mol. The highest BCUT2D eigenvalue weighted by molar-refractivity contribution is 6.18. The predicted molar refractivity (Wildman–Crippen MR) is 87.1 cm³/mol. The molecule has 0 bridgehead atoms. The zero-order valence-corrected chi connectivity index (χ0v) is 12.8. The third kappa shape index (κ3) is 5.02. The molecule has 0 saturated heterocycles. The van der Waals surface area contributed by atoms with Crippen LogP contribution >= 0.6 is 11.6 Å². The second-order valence-electron chi connectivity index (χ2n) is 4.81. The number of pyridine rings is 1. The molecule has 0 aliphatic rings. The summed E-state index contributed by atoms with van der Waals surface area (Å²) in [5.74, 6) is 0.0400. The van der Waals surface area contributed by atoms with Gasteiger partial charge < -0.3 is 15.7 Å². The number of benzene rings is 1. The van der Waals surface area contributed by atoms with Crippen molar-refractivity contribution < 1.29 is 9.90 Å². The summed E-state index contributed by atoms with van der Waals surface area (Å²) >= 11 is 5.52. The van der Waals surface area contributed by atoms with Gasteiger partial charge in [0.05, 0.1) is 12.0 Å². The molecule has 116 valence electrons. The first-order chi connectivity index (χ1) is 10.7. The number of halogens is 1. The van der Waals surface area contributed by atoms with Crippen LogP contribution in [0.2, 0.25) is 0 Å². The lowest BCUT2D eigenvalue weighted by atomic mass is 10.2. The molecule has 3 N–H and O–H groups in total. The van der Waals surface area contributed by atoms with Crippen LogP contribution in [0.15, 0.2) is 48.8 Å². The summed E-state index contributed by atoms with van der Waals surface area (Å²) in [5.41, 5.74) is 2.35. The number of aliphatic hydroxyl groups is 1. The third-order valence-electron chi connectivity index (χ3n) is 3.04. The van der Waals surface area contributed by atoms with E-state index < -0.39 is 6.10 Å². The molecule has 0 aliphatic heterocycles. The smallest absolute Gasteiger partial charge is 0.251 e. The quantitative estimate of drug-likeness (QED) is 0.683. The molecule has 1 amide bonds. The number of amides is 1. The number of rotatable bonds is 7. The molecule has 2 aromatic rings. The average Bonchev–Trinajstić information content (AvgIpc) is 2.59. The molecule has 1 aromatic heterocycles. The predicted octanol–water partition coefficient (Wildman–Crippen LogP) is 2.02. The lowest BCUT2D eigenvalue weighted by Crippen LogP contribution is -2.23. The Bertz CT molecular complexity index is 590. The van der Waals surface area contributed by atoms with Crippen LogP contribution in [0.25, 0.3) is 0 Å². The highest BCUT2D eigenvalue weighted by Crippen LogP contribution is 2.10. The van der Waals surface area contributed by atoms with Gasteiger partial charge in [-0.15, -0.1) is 11.6 Å². The number of carbonyl (C=O) groups is 1. The van der Waals surface area contributed by atoms with E-state index in [9.17, 15) is 9.90 Å². The SMILES string of the molecule is O=C(NCc1cccnc1)c1ccc(NCC(O)CCl)cc1. The molecule has 1 unspecified atom stereocenters. The molecule has 0 radical (unpaired) electrons. The lowest BCUT2D eigenvalue weighted by molar-refractivity contribution is 0.0951. The molecule has 0 saturated carbocycles. The maximum absolute atomic E-state index is 12.0. The Morgan fingerprint density at radius 1 is 1.27 bits per heavy atom. The van der Waals surface area contributed by atoms with Crippen molar-refractivity contribution in [3.63, 3.8) is 0 Å². The zero-order chi connectivity index (χ0) is 15.8. The van der Waals surface area contributed by atoms with Crippen LogP contribution in [-0.2, 0) is 6.54 Å². The number of aromatic nitrogens is 1. The van der Waals surface area contributed by atoms with Crippen LogP contribution in [-0.4, -0.2) is 34.5 Å². The van der Waals surface area contributed by atoms with Crippen molar-refractivity contribution in [2.75, 3.05) is 17.7 Å². The number of aliphatic hydroxyl groups excluding tert-OH is 1. The standard InChI is InChI=1S/C16H18ClN3O2/c17-8-15(21)11-19-14-5-3-13(4-6-14)16(22)20-10-12-2-1-7-18-9-12/h1-7,9,15,19,21H,8,10-11H2,(H,20,22). The van der Waals surface area contributed by atoms with E-state index >= 15 is 0 Å². The van der Waals surface area contributed by atoms with Crippen molar-refractivity contribution in [2.45, 2.75) is 12.6 Å². The van der Waals surface area contributed by atoms with Gasteiger partial charge >= 0.3 is 0 Å². The maximum Gasteiger partial charge on any atom is 0.251 e. The second kappa shape index (κ2) is 8.36. The van der Waals surface area contributed by atoms with Gasteiger partial charge in [-0.25, -0.2) is 0 Å². The zero-order valence-electron chi connectivity index (χ0n) is 12.0. The Kier molecular flexibility index (Phi) is 6.18. The average molecular weight is 320 g/mol. The van der Waals surface area contributed by atoms with Gasteiger partial charge in [0.15, 0.2) is 0 Å². The molecule has 22 heavy (non-hydrogen) atoms. The van der Waals surface area contributed by atoms with Crippen molar-refractivity contribution >= 4 is 23.2 Å². The molecule has 1 heterocycles. The van der Waals surface area contributed by atoms with Crippen LogP contribution in [0.5, 0.6) is 0 Å². The first-order valence-corrected chi connectivity index (χ1v) is 7.47. The van der Waals surface area contributed by atoms with E-state index in [-0.39, 0.29) is 11.8 Å². The third-order valence-corrected chi connectivity index (χ3v) is 3.40. The van der Waals surface area contributed by atoms with Crippen LogP contribution in [0.1, 0.15) is 15.9 Å². The Morgan fingerprint density at radius 3 is 2.68 bits per heavy atom. The number of nitrogens with zero attached hydrogens (tertiary/aromatic N) is 1. The molecule has 2 rings (SSSR count). The fraction of sp³-hybridized carbons (Fsp3) is 0.250. The van der Waals surface area contributed by atoms with Crippen LogP contribution in [0.3, 0.4) is 0 Å². The van der Waals surface area contributed by atoms with Crippen molar-refractivity contribution in [3.05, 3.63) is 59.9 Å². The molecule has 6 heteroatoms. The second-order valence-corrected chi connectivity index (χ2v) is 5.12. The van der Waals surface area contributed by atoms with E-state index in [1.54, 1.807) is 36.7 Å². The van der Waals surface area contributed by atoms with Crippen molar-refractivity contribution in [1.29, 1.82) is 0 Å². The van der Waals surface area contributed by atoms with Crippen molar-refractivity contribution in [1.82, 2.24) is 10.3 Å². The number of nitrogens with one attached hydrogen (secondary N) is 2. The number of anilines is 1. The fourth-order valence-corrected chi connectivity index (χ4v) is 1.93. The van der Waals surface area contributed by atoms with E-state index in [2.05, 4.69) is 15.6 Å². The van der Waals surface area contributed by atoms with Gasteiger partial charge in [0.25, 0.3) is 5.91 Å². The summed E-state index contributed by atoms with van der Waals surface area (Å²) in [6, 6.07) is 10.8. The van der Waals surface area contributed by atoms with Gasteiger partial charge in [-0.05, 0) is 35.9 Å². The first kappa shape index (κ1) is 16.3. The summed E-state index contributed by atoms with van der Waals surface area (Å²) in [6.45, 7) is 0.810. The lowest BCUT2D eigenvalue weighted by Gasteiger charge is -2.10. The van der Waals surface area contributed by atoms with Crippen LogP contribution in [0, 0.1) is 0 Å². The molecule has 1 atom stereocenters. The van der Waals surface area contributed by atoms with E-state index in [0.717, 1.165) is 11.3 Å². The molecular weight excluding hydrogens is 302 g/mol. The van der Waals surface area contributed by atoms with Crippen molar-refractivity contribution in [3.8, 4) is 0 Å². The van der Waals surface area contributed by atoms with Crippen LogP contribution < -0.4 is 10.6 Å². The number of hydrogen-bond donors (Lipinski definition) is 3. The minimum Gasteiger partial charge on any atom is -0.390 e. The Hall–Kier alpha value is -2.11.